The van der Waals surface area contributed by atoms with Gasteiger partial charge in [0.15, 0.2) is 0 Å². The standard InChI is InChI=1S/C18H35NO3.Na.H/c1-4-5-6-7-8-9-10-11-12-13-17(20)19-16(18(21)22)14-15(2)3;;/h15-16H,4-14H2,1-3H3,(H,19,20)(H,21,22);;/q;+1;-1. The van der Waals surface area contributed by atoms with Crippen molar-refractivity contribution < 1.29 is 45.7 Å². The molecule has 0 bridgehead atoms. The Morgan fingerprint density at radius 3 is 1.87 bits per heavy atom. The Kier molecular flexibility index (Phi) is 18.4. The minimum absolute atomic E-state index is 0. The van der Waals surface area contributed by atoms with Crippen LogP contribution in [0.25, 0.3) is 0 Å². The van der Waals surface area contributed by atoms with Crippen LogP contribution in [-0.2, 0) is 9.59 Å². The number of carbonyl (C=O) groups excluding carboxylic acids is 1. The topological polar surface area (TPSA) is 66.4 Å². The fraction of sp³-hybridized carbons (Fsp3) is 0.889. The number of carboxylic acids is 1. The normalized spacial score (nSPS) is 11.8. The van der Waals surface area contributed by atoms with Crippen molar-refractivity contribution in [2.45, 2.75) is 97.4 Å². The van der Waals surface area contributed by atoms with E-state index in [9.17, 15) is 9.59 Å². The molecule has 0 rings (SSSR count). The average molecular weight is 337 g/mol. The van der Waals surface area contributed by atoms with Crippen molar-refractivity contribution in [2.75, 3.05) is 0 Å². The molecular weight excluding hydrogens is 301 g/mol. The molecule has 0 aromatic heterocycles. The number of nitrogens with one attached hydrogen (secondary N) is 1. The summed E-state index contributed by atoms with van der Waals surface area (Å²) in [7, 11) is 0. The molecule has 1 unspecified atom stereocenters. The van der Waals surface area contributed by atoms with Crippen LogP contribution in [0.1, 0.15) is 92.8 Å². The second-order valence-electron chi connectivity index (χ2n) is 6.67. The maximum absolute atomic E-state index is 11.8. The second kappa shape index (κ2) is 16.8. The quantitative estimate of drug-likeness (QED) is 0.374. The molecule has 1 atom stereocenters. The number of unbranched alkanes of at least 4 members (excludes halogenated alkanes) is 8. The summed E-state index contributed by atoms with van der Waals surface area (Å²) in [5.74, 6) is -0.806. The third-order valence-corrected chi connectivity index (χ3v) is 3.85. The Hall–Kier alpha value is -0.0600. The van der Waals surface area contributed by atoms with E-state index in [2.05, 4.69) is 12.2 Å². The van der Waals surface area contributed by atoms with E-state index >= 15 is 0 Å². The molecule has 2 N–H and O–H groups in total. The first kappa shape index (κ1) is 25.2. The largest absolute Gasteiger partial charge is 1.00 e. The fourth-order valence-electron chi connectivity index (χ4n) is 2.56. The Bertz CT molecular complexity index is 315. The van der Waals surface area contributed by atoms with Gasteiger partial charge in [-0.15, -0.1) is 0 Å². The molecule has 132 valence electrons. The summed E-state index contributed by atoms with van der Waals surface area (Å²) in [5, 5.41) is 11.7. The van der Waals surface area contributed by atoms with Gasteiger partial charge in [-0.3, -0.25) is 4.79 Å². The van der Waals surface area contributed by atoms with Crippen LogP contribution in [0.3, 0.4) is 0 Å². The molecule has 0 aliphatic rings. The van der Waals surface area contributed by atoms with Crippen molar-refractivity contribution in [1.29, 1.82) is 0 Å². The van der Waals surface area contributed by atoms with Crippen LogP contribution in [0.2, 0.25) is 0 Å². The van der Waals surface area contributed by atoms with Crippen molar-refractivity contribution in [2.24, 2.45) is 5.92 Å². The van der Waals surface area contributed by atoms with Gasteiger partial charge in [-0.2, -0.15) is 0 Å². The molecule has 1 amide bonds. The molecule has 0 fully saturated rings. The summed E-state index contributed by atoms with van der Waals surface area (Å²) >= 11 is 0. The van der Waals surface area contributed by atoms with E-state index in [0.29, 0.717) is 12.8 Å². The van der Waals surface area contributed by atoms with E-state index in [1.807, 2.05) is 13.8 Å². The Morgan fingerprint density at radius 2 is 1.43 bits per heavy atom. The molecule has 0 saturated carbocycles. The molecule has 0 heterocycles. The van der Waals surface area contributed by atoms with Gasteiger partial charge in [0.25, 0.3) is 0 Å². The number of hydrogen-bond donors (Lipinski definition) is 2. The van der Waals surface area contributed by atoms with Crippen LogP contribution >= 0.6 is 0 Å². The van der Waals surface area contributed by atoms with Crippen LogP contribution in [0.5, 0.6) is 0 Å². The predicted octanol–water partition coefficient (Wildman–Crippen LogP) is 1.64. The van der Waals surface area contributed by atoms with Gasteiger partial charge in [0.1, 0.15) is 6.04 Å². The van der Waals surface area contributed by atoms with Crippen LogP contribution < -0.4 is 34.9 Å². The van der Waals surface area contributed by atoms with E-state index in [1.165, 1.54) is 44.9 Å². The molecule has 0 saturated heterocycles. The van der Waals surface area contributed by atoms with Gasteiger partial charge in [-0.1, -0.05) is 72.1 Å². The van der Waals surface area contributed by atoms with Gasteiger partial charge in [0.05, 0.1) is 0 Å². The van der Waals surface area contributed by atoms with Crippen LogP contribution in [-0.4, -0.2) is 23.0 Å². The monoisotopic (exact) mass is 337 g/mol. The number of hydrogen-bond acceptors (Lipinski definition) is 2. The summed E-state index contributed by atoms with van der Waals surface area (Å²) in [5.41, 5.74) is 0. The first-order chi connectivity index (χ1) is 10.5. The van der Waals surface area contributed by atoms with Gasteiger partial charge in [0, 0.05) is 6.42 Å². The van der Waals surface area contributed by atoms with Crippen LogP contribution in [0.15, 0.2) is 0 Å². The van der Waals surface area contributed by atoms with Gasteiger partial charge < -0.3 is 11.8 Å². The molecule has 0 radical (unpaired) electrons. The molecule has 0 aromatic rings. The minimum atomic E-state index is -0.936. The Labute approximate surface area is 166 Å². The molecule has 5 heteroatoms. The van der Waals surface area contributed by atoms with E-state index < -0.39 is 12.0 Å². The number of aliphatic carboxylic acids is 1. The van der Waals surface area contributed by atoms with Crippen molar-refractivity contribution in [3.63, 3.8) is 0 Å². The Balaban J connectivity index is -0.00000220. The van der Waals surface area contributed by atoms with E-state index in [0.717, 1.165) is 12.8 Å². The van der Waals surface area contributed by atoms with E-state index in [-0.39, 0.29) is 42.8 Å². The maximum Gasteiger partial charge on any atom is 1.00 e. The fourth-order valence-corrected chi connectivity index (χ4v) is 2.56. The van der Waals surface area contributed by atoms with Gasteiger partial charge in [-0.05, 0) is 18.8 Å². The number of carbonyl (C=O) groups is 2. The zero-order valence-electron chi connectivity index (χ0n) is 16.7. The summed E-state index contributed by atoms with van der Waals surface area (Å²) in [6.45, 7) is 6.15. The molecule has 0 spiro atoms. The van der Waals surface area contributed by atoms with E-state index in [4.69, 9.17) is 5.11 Å². The third kappa shape index (κ3) is 16.6. The zero-order chi connectivity index (χ0) is 16.8. The summed E-state index contributed by atoms with van der Waals surface area (Å²) in [6, 6.07) is -0.744. The smallest absolute Gasteiger partial charge is 1.00 e. The molecule has 23 heavy (non-hydrogen) atoms. The van der Waals surface area contributed by atoms with Crippen molar-refractivity contribution in [3.05, 3.63) is 0 Å². The van der Waals surface area contributed by atoms with Crippen LogP contribution in [0, 0.1) is 5.92 Å². The number of carboxylic acid groups (broad SMARTS) is 1. The van der Waals surface area contributed by atoms with Gasteiger partial charge in [0.2, 0.25) is 5.91 Å². The third-order valence-electron chi connectivity index (χ3n) is 3.85. The molecule has 4 nitrogen and oxygen atoms in total. The van der Waals surface area contributed by atoms with Crippen molar-refractivity contribution in [1.82, 2.24) is 5.32 Å². The first-order valence-corrected chi connectivity index (χ1v) is 8.99. The molecule has 0 aliphatic heterocycles. The molecule has 0 aromatic carbocycles. The van der Waals surface area contributed by atoms with E-state index in [1.54, 1.807) is 0 Å². The summed E-state index contributed by atoms with van der Waals surface area (Å²) < 4.78 is 0. The average Bonchev–Trinajstić information content (AvgIpc) is 2.44. The Morgan fingerprint density at radius 1 is 0.957 bits per heavy atom. The summed E-state index contributed by atoms with van der Waals surface area (Å²) in [6.07, 6.45) is 11.8. The van der Waals surface area contributed by atoms with Crippen LogP contribution in [0.4, 0.5) is 0 Å². The van der Waals surface area contributed by atoms with Crippen molar-refractivity contribution >= 4 is 11.9 Å². The first-order valence-electron chi connectivity index (χ1n) is 8.99. The summed E-state index contributed by atoms with van der Waals surface area (Å²) in [4.78, 5) is 22.9. The predicted molar refractivity (Wildman–Crippen MR) is 92.0 cm³/mol. The van der Waals surface area contributed by atoms with Crippen molar-refractivity contribution in [3.8, 4) is 0 Å². The van der Waals surface area contributed by atoms with Gasteiger partial charge in [-0.25, -0.2) is 4.79 Å². The SMILES string of the molecule is CCCCCCCCCCCC(=O)NC(CC(C)C)C(=O)O.[H-].[Na+]. The number of amides is 1. The molecular formula is C18H36NNaO3. The zero-order valence-corrected chi connectivity index (χ0v) is 17.7. The minimum Gasteiger partial charge on any atom is -1.00 e. The van der Waals surface area contributed by atoms with Gasteiger partial charge >= 0.3 is 35.5 Å². The maximum atomic E-state index is 11.8. The second-order valence-corrected chi connectivity index (χ2v) is 6.67. The number of rotatable bonds is 14. The molecule has 0 aliphatic carbocycles.